The topological polar surface area (TPSA) is 69.7 Å². The molecule has 5 nitrogen and oxygen atoms in total. The van der Waals surface area contributed by atoms with Gasteiger partial charge in [-0.3, -0.25) is 8.98 Å². The molecule has 2 unspecified atom stereocenters. The number of alkyl halides is 2. The predicted molar refractivity (Wildman–Crippen MR) is 72.9 cm³/mol. The molecule has 2 rings (SSSR count). The van der Waals surface area contributed by atoms with Crippen molar-refractivity contribution >= 4 is 16.1 Å². The minimum Gasteiger partial charge on any atom is -0.465 e. The first-order chi connectivity index (χ1) is 10.1. The molecule has 122 valence electrons. The highest BCUT2D eigenvalue weighted by atomic mass is 32.2. The first-order valence-electron chi connectivity index (χ1n) is 6.62. The van der Waals surface area contributed by atoms with Crippen LogP contribution in [0.1, 0.15) is 12.5 Å². The van der Waals surface area contributed by atoms with Gasteiger partial charge in [-0.15, -0.1) is 0 Å². The number of aryl methyl sites for hydroxylation is 1. The molecule has 22 heavy (non-hydrogen) atoms. The average molecular weight is 334 g/mol. The lowest BCUT2D eigenvalue weighted by Crippen LogP contribution is -2.11. The van der Waals surface area contributed by atoms with Crippen LogP contribution in [-0.2, 0) is 23.8 Å². The molecule has 0 aromatic heterocycles. The summed E-state index contributed by atoms with van der Waals surface area (Å²) in [6.45, 7) is 1.82. The van der Waals surface area contributed by atoms with E-state index in [0.29, 0.717) is 0 Å². The fraction of sp³-hybridized carbons (Fsp3) is 0.500. The molecule has 2 atom stereocenters. The fourth-order valence-electron chi connectivity index (χ4n) is 2.06. The molecule has 0 heterocycles. The fourth-order valence-corrected chi connectivity index (χ4v) is 2.99. The standard InChI is InChI=1S/C14H16F2O5S/c1-9-3-5-11(6-4-9)22(18,19)21-8-13-12(14(13,15)16)7-20-10(2)17/h3-6,12-13H,7-8H2,1-2H3. The number of carbonyl (C=O) groups is 1. The average Bonchev–Trinajstić information content (AvgIpc) is 2.95. The van der Waals surface area contributed by atoms with Crippen LogP contribution in [0.3, 0.4) is 0 Å². The molecule has 1 aromatic rings. The van der Waals surface area contributed by atoms with E-state index in [4.69, 9.17) is 4.18 Å². The van der Waals surface area contributed by atoms with Crippen LogP contribution in [0.4, 0.5) is 8.78 Å². The Morgan fingerprint density at radius 2 is 1.73 bits per heavy atom. The third-order valence-electron chi connectivity index (χ3n) is 3.54. The van der Waals surface area contributed by atoms with Gasteiger partial charge in [0.1, 0.15) is 6.61 Å². The molecule has 1 fully saturated rings. The van der Waals surface area contributed by atoms with Crippen molar-refractivity contribution in [1.82, 2.24) is 0 Å². The largest absolute Gasteiger partial charge is 0.465 e. The number of hydrogen-bond donors (Lipinski definition) is 0. The number of benzene rings is 1. The Balaban J connectivity index is 1.95. The minimum absolute atomic E-state index is 0.0846. The quantitative estimate of drug-likeness (QED) is 0.589. The van der Waals surface area contributed by atoms with E-state index >= 15 is 0 Å². The van der Waals surface area contributed by atoms with Crippen LogP contribution in [0.25, 0.3) is 0 Å². The Bertz CT molecular complexity index is 654. The lowest BCUT2D eigenvalue weighted by Gasteiger charge is -2.05. The van der Waals surface area contributed by atoms with E-state index < -0.39 is 47.1 Å². The molecular formula is C14H16F2O5S. The monoisotopic (exact) mass is 334 g/mol. The van der Waals surface area contributed by atoms with Crippen LogP contribution in [0.15, 0.2) is 29.2 Å². The van der Waals surface area contributed by atoms with E-state index in [1.165, 1.54) is 12.1 Å². The molecule has 1 aliphatic rings. The summed E-state index contributed by atoms with van der Waals surface area (Å²) in [6.07, 6.45) is 0. The molecule has 1 aromatic carbocycles. The second-order valence-electron chi connectivity index (χ2n) is 5.24. The summed E-state index contributed by atoms with van der Waals surface area (Å²) in [5, 5.41) is 0. The number of ether oxygens (including phenoxy) is 1. The zero-order chi connectivity index (χ0) is 16.5. The van der Waals surface area contributed by atoms with Crippen LogP contribution in [-0.4, -0.2) is 33.5 Å². The van der Waals surface area contributed by atoms with Crippen molar-refractivity contribution in [3.05, 3.63) is 29.8 Å². The highest BCUT2D eigenvalue weighted by Crippen LogP contribution is 2.55. The van der Waals surface area contributed by atoms with Crippen molar-refractivity contribution < 1.29 is 30.9 Å². The molecule has 0 spiro atoms. The Morgan fingerprint density at radius 1 is 1.18 bits per heavy atom. The number of rotatable bonds is 6. The molecule has 0 radical (unpaired) electrons. The van der Waals surface area contributed by atoms with Gasteiger partial charge in [-0.1, -0.05) is 17.7 Å². The molecule has 0 amide bonds. The normalized spacial score (nSPS) is 23.1. The third-order valence-corrected chi connectivity index (χ3v) is 4.84. The second-order valence-corrected chi connectivity index (χ2v) is 6.86. The van der Waals surface area contributed by atoms with Crippen LogP contribution in [0.5, 0.6) is 0 Å². The number of hydrogen-bond acceptors (Lipinski definition) is 5. The lowest BCUT2D eigenvalue weighted by molar-refractivity contribution is -0.142. The SMILES string of the molecule is CC(=O)OCC1C(COS(=O)(=O)c2ccc(C)cc2)C1(F)F. The minimum atomic E-state index is -4.08. The van der Waals surface area contributed by atoms with Crippen molar-refractivity contribution in [1.29, 1.82) is 0 Å². The first kappa shape index (κ1) is 16.8. The van der Waals surface area contributed by atoms with Crippen LogP contribution in [0.2, 0.25) is 0 Å². The number of esters is 1. The third kappa shape index (κ3) is 3.61. The van der Waals surface area contributed by atoms with E-state index in [2.05, 4.69) is 4.74 Å². The van der Waals surface area contributed by atoms with Gasteiger partial charge >= 0.3 is 5.97 Å². The Hall–Kier alpha value is -1.54. The molecule has 1 saturated carbocycles. The highest BCUT2D eigenvalue weighted by Gasteiger charge is 2.68. The molecule has 0 N–H and O–H groups in total. The molecule has 0 bridgehead atoms. The zero-order valence-corrected chi connectivity index (χ0v) is 12.9. The number of halogens is 2. The van der Waals surface area contributed by atoms with Gasteiger partial charge in [-0.05, 0) is 19.1 Å². The Labute approximate surface area is 127 Å². The maximum atomic E-state index is 13.5. The van der Waals surface area contributed by atoms with Crippen molar-refractivity contribution in [3.63, 3.8) is 0 Å². The van der Waals surface area contributed by atoms with E-state index in [0.717, 1.165) is 12.5 Å². The summed E-state index contributed by atoms with van der Waals surface area (Å²) in [5.74, 6) is -6.22. The summed E-state index contributed by atoms with van der Waals surface area (Å²) in [4.78, 5) is 10.5. The van der Waals surface area contributed by atoms with Gasteiger partial charge < -0.3 is 4.74 Å². The van der Waals surface area contributed by atoms with Gasteiger partial charge in [0.15, 0.2) is 0 Å². The van der Waals surface area contributed by atoms with E-state index in [9.17, 15) is 22.0 Å². The molecule has 1 aliphatic carbocycles. The maximum absolute atomic E-state index is 13.5. The van der Waals surface area contributed by atoms with Gasteiger partial charge in [-0.25, -0.2) is 8.78 Å². The van der Waals surface area contributed by atoms with Crippen molar-refractivity contribution in [3.8, 4) is 0 Å². The second kappa shape index (κ2) is 5.92. The number of carbonyl (C=O) groups excluding carboxylic acids is 1. The Kier molecular flexibility index (Phi) is 4.53. The molecule has 0 aliphatic heterocycles. The molecular weight excluding hydrogens is 318 g/mol. The summed E-state index contributed by atoms with van der Waals surface area (Å²) >= 11 is 0. The van der Waals surface area contributed by atoms with Crippen molar-refractivity contribution in [2.75, 3.05) is 13.2 Å². The van der Waals surface area contributed by atoms with E-state index in [-0.39, 0.29) is 4.90 Å². The maximum Gasteiger partial charge on any atom is 0.302 e. The van der Waals surface area contributed by atoms with Gasteiger partial charge in [0.2, 0.25) is 0 Å². The van der Waals surface area contributed by atoms with Gasteiger partial charge in [-0.2, -0.15) is 8.42 Å². The predicted octanol–water partition coefficient (Wildman–Crippen LogP) is 2.14. The van der Waals surface area contributed by atoms with E-state index in [1.807, 2.05) is 0 Å². The van der Waals surface area contributed by atoms with Gasteiger partial charge in [0.25, 0.3) is 16.0 Å². The van der Waals surface area contributed by atoms with Crippen LogP contribution in [0, 0.1) is 18.8 Å². The van der Waals surface area contributed by atoms with E-state index in [1.54, 1.807) is 19.1 Å². The summed E-state index contributed by atoms with van der Waals surface area (Å²) in [5.41, 5.74) is 0.870. The van der Waals surface area contributed by atoms with Gasteiger partial charge in [0, 0.05) is 6.92 Å². The Morgan fingerprint density at radius 3 is 2.27 bits per heavy atom. The smallest absolute Gasteiger partial charge is 0.302 e. The molecule has 0 saturated heterocycles. The van der Waals surface area contributed by atoms with Crippen molar-refractivity contribution in [2.24, 2.45) is 11.8 Å². The van der Waals surface area contributed by atoms with Gasteiger partial charge in [0.05, 0.1) is 23.3 Å². The summed E-state index contributed by atoms with van der Waals surface area (Å²) in [7, 11) is -4.08. The lowest BCUT2D eigenvalue weighted by atomic mass is 10.2. The molecule has 8 heteroatoms. The zero-order valence-electron chi connectivity index (χ0n) is 12.1. The van der Waals surface area contributed by atoms with Crippen LogP contribution < -0.4 is 0 Å². The van der Waals surface area contributed by atoms with Crippen LogP contribution >= 0.6 is 0 Å². The van der Waals surface area contributed by atoms with Crippen molar-refractivity contribution in [2.45, 2.75) is 24.7 Å². The summed E-state index contributed by atoms with van der Waals surface area (Å²) in [6, 6.07) is 5.88. The highest BCUT2D eigenvalue weighted by molar-refractivity contribution is 7.86. The summed E-state index contributed by atoms with van der Waals surface area (Å²) < 4.78 is 60.0. The first-order valence-corrected chi connectivity index (χ1v) is 8.02.